The predicted molar refractivity (Wildman–Crippen MR) is 74.9 cm³/mol. The van der Waals surface area contributed by atoms with Crippen LogP contribution in [0.5, 0.6) is 0 Å². The van der Waals surface area contributed by atoms with Gasteiger partial charge in [-0.25, -0.2) is 0 Å². The first-order chi connectivity index (χ1) is 8.65. The largest absolute Gasteiger partial charge is 0.253 e. The van der Waals surface area contributed by atoms with Crippen molar-refractivity contribution < 1.29 is 0 Å². The van der Waals surface area contributed by atoms with Gasteiger partial charge in [0.2, 0.25) is 0 Å². The average molecular weight is 237 g/mol. The number of hydrogen-bond acceptors (Lipinski definition) is 1. The summed E-state index contributed by atoms with van der Waals surface area (Å²) in [5.74, 6) is 0.583. The highest BCUT2D eigenvalue weighted by Crippen LogP contribution is 2.55. The first-order valence-electron chi connectivity index (χ1n) is 7.08. The fourth-order valence-electron chi connectivity index (χ4n) is 3.29. The molecule has 1 aromatic carbocycles. The monoisotopic (exact) mass is 237 g/mol. The molecule has 0 N–H and O–H groups in total. The van der Waals surface area contributed by atoms with Crippen molar-refractivity contribution >= 4 is 10.9 Å². The van der Waals surface area contributed by atoms with E-state index in [1.165, 1.54) is 53.4 Å². The van der Waals surface area contributed by atoms with Gasteiger partial charge in [-0.2, -0.15) is 0 Å². The topological polar surface area (TPSA) is 12.9 Å². The molecule has 0 saturated heterocycles. The number of benzene rings is 1. The Morgan fingerprint density at radius 3 is 2.67 bits per heavy atom. The molecule has 92 valence electrons. The zero-order valence-electron chi connectivity index (χ0n) is 11.2. The SMILES string of the molecule is CC(C)c1ccc2cc3c(nc2c1)CC1(CC1)C3. The molecule has 18 heavy (non-hydrogen) atoms. The van der Waals surface area contributed by atoms with Crippen molar-refractivity contribution in [2.45, 2.75) is 45.4 Å². The molecule has 0 amide bonds. The second-order valence-corrected chi connectivity index (χ2v) is 6.55. The maximum Gasteiger partial charge on any atom is 0.0708 e. The summed E-state index contributed by atoms with van der Waals surface area (Å²) in [6, 6.07) is 9.16. The van der Waals surface area contributed by atoms with E-state index in [1.54, 1.807) is 0 Å². The Hall–Kier alpha value is -1.37. The normalized spacial score (nSPS) is 19.7. The summed E-state index contributed by atoms with van der Waals surface area (Å²) >= 11 is 0. The molecule has 0 atom stereocenters. The molecule has 0 unspecified atom stereocenters. The van der Waals surface area contributed by atoms with Crippen molar-refractivity contribution in [1.29, 1.82) is 0 Å². The van der Waals surface area contributed by atoms with Crippen LogP contribution in [0.1, 0.15) is 49.4 Å². The van der Waals surface area contributed by atoms with Gasteiger partial charge in [-0.05, 0) is 60.3 Å². The first kappa shape index (κ1) is 10.5. The van der Waals surface area contributed by atoms with Crippen molar-refractivity contribution in [3.05, 3.63) is 41.1 Å². The van der Waals surface area contributed by atoms with Crippen molar-refractivity contribution in [2.75, 3.05) is 0 Å². The molecule has 2 aromatic rings. The van der Waals surface area contributed by atoms with Crippen LogP contribution < -0.4 is 0 Å². The third kappa shape index (κ3) is 1.50. The lowest BCUT2D eigenvalue weighted by atomic mass is 10.0. The number of nitrogens with zero attached hydrogens (tertiary/aromatic N) is 1. The molecule has 0 bridgehead atoms. The highest BCUT2D eigenvalue weighted by atomic mass is 14.7. The lowest BCUT2D eigenvalue weighted by Crippen LogP contribution is -1.97. The number of aromatic nitrogens is 1. The molecule has 1 heteroatoms. The molecule has 2 aliphatic rings. The minimum atomic E-state index is 0.583. The molecule has 1 saturated carbocycles. The van der Waals surface area contributed by atoms with Crippen LogP contribution in [0.4, 0.5) is 0 Å². The van der Waals surface area contributed by atoms with Crippen LogP contribution in [0.3, 0.4) is 0 Å². The Balaban J connectivity index is 1.86. The van der Waals surface area contributed by atoms with Gasteiger partial charge in [0.05, 0.1) is 5.52 Å². The third-order valence-electron chi connectivity index (χ3n) is 4.74. The Morgan fingerprint density at radius 1 is 1.11 bits per heavy atom. The lowest BCUT2D eigenvalue weighted by Gasteiger charge is -2.08. The average Bonchev–Trinajstić information content (AvgIpc) is 2.99. The van der Waals surface area contributed by atoms with E-state index >= 15 is 0 Å². The number of fused-ring (bicyclic) bond motifs is 2. The van der Waals surface area contributed by atoms with E-state index in [1.807, 2.05) is 0 Å². The van der Waals surface area contributed by atoms with Gasteiger partial charge >= 0.3 is 0 Å². The zero-order chi connectivity index (χ0) is 12.3. The van der Waals surface area contributed by atoms with E-state index in [4.69, 9.17) is 4.98 Å². The summed E-state index contributed by atoms with van der Waals surface area (Å²) < 4.78 is 0. The molecule has 1 spiro atoms. The van der Waals surface area contributed by atoms with Crippen LogP contribution in [0.25, 0.3) is 10.9 Å². The van der Waals surface area contributed by atoms with Crippen LogP contribution in [-0.2, 0) is 12.8 Å². The van der Waals surface area contributed by atoms with E-state index in [-0.39, 0.29) is 0 Å². The van der Waals surface area contributed by atoms with Crippen molar-refractivity contribution in [1.82, 2.24) is 4.98 Å². The summed E-state index contributed by atoms with van der Waals surface area (Å²) in [7, 11) is 0. The van der Waals surface area contributed by atoms with Gasteiger partial charge in [0.25, 0.3) is 0 Å². The van der Waals surface area contributed by atoms with Gasteiger partial charge in [0.15, 0.2) is 0 Å². The van der Waals surface area contributed by atoms with Crippen LogP contribution >= 0.6 is 0 Å². The highest BCUT2D eigenvalue weighted by molar-refractivity contribution is 5.80. The fourth-order valence-corrected chi connectivity index (χ4v) is 3.29. The van der Waals surface area contributed by atoms with E-state index in [9.17, 15) is 0 Å². The standard InChI is InChI=1S/C17H19N/c1-11(2)12-3-4-13-7-14-9-17(5-6-17)10-16(14)18-15(13)8-12/h3-4,7-8,11H,5-6,9-10H2,1-2H3. The molecule has 1 aromatic heterocycles. The molecule has 0 aliphatic heterocycles. The van der Waals surface area contributed by atoms with Gasteiger partial charge < -0.3 is 0 Å². The minimum absolute atomic E-state index is 0.583. The summed E-state index contributed by atoms with van der Waals surface area (Å²) in [6.45, 7) is 4.49. The Bertz CT molecular complexity index is 635. The number of pyridine rings is 1. The molecule has 0 radical (unpaired) electrons. The van der Waals surface area contributed by atoms with E-state index in [2.05, 4.69) is 38.1 Å². The molecular weight excluding hydrogens is 218 g/mol. The highest BCUT2D eigenvalue weighted by Gasteiger charge is 2.47. The van der Waals surface area contributed by atoms with Crippen LogP contribution in [0, 0.1) is 5.41 Å². The van der Waals surface area contributed by atoms with Crippen LogP contribution in [-0.4, -0.2) is 4.98 Å². The fraction of sp³-hybridized carbons (Fsp3) is 0.471. The number of hydrogen-bond donors (Lipinski definition) is 0. The Kier molecular flexibility index (Phi) is 1.96. The van der Waals surface area contributed by atoms with E-state index in [0.717, 1.165) is 0 Å². The molecule has 1 fully saturated rings. The van der Waals surface area contributed by atoms with Gasteiger partial charge in [0.1, 0.15) is 0 Å². The second kappa shape index (κ2) is 3.34. The smallest absolute Gasteiger partial charge is 0.0708 e. The molecule has 2 aliphatic carbocycles. The Morgan fingerprint density at radius 2 is 1.94 bits per heavy atom. The quantitative estimate of drug-likeness (QED) is 0.723. The lowest BCUT2D eigenvalue weighted by molar-refractivity contribution is 0.546. The molecular formula is C17H19N. The summed E-state index contributed by atoms with van der Waals surface area (Å²) in [6.07, 6.45) is 5.33. The maximum atomic E-state index is 4.93. The first-order valence-corrected chi connectivity index (χ1v) is 7.08. The zero-order valence-corrected chi connectivity index (χ0v) is 11.2. The van der Waals surface area contributed by atoms with Gasteiger partial charge in [-0.15, -0.1) is 0 Å². The Labute approximate surface area is 108 Å². The van der Waals surface area contributed by atoms with Gasteiger partial charge in [0, 0.05) is 11.1 Å². The number of rotatable bonds is 1. The van der Waals surface area contributed by atoms with E-state index < -0.39 is 0 Å². The second-order valence-electron chi connectivity index (χ2n) is 6.55. The van der Waals surface area contributed by atoms with E-state index in [0.29, 0.717) is 11.3 Å². The maximum absolute atomic E-state index is 4.93. The molecule has 4 rings (SSSR count). The summed E-state index contributed by atoms with van der Waals surface area (Å²) in [5.41, 5.74) is 6.11. The summed E-state index contributed by atoms with van der Waals surface area (Å²) in [4.78, 5) is 4.93. The summed E-state index contributed by atoms with van der Waals surface area (Å²) in [5, 5.41) is 1.32. The van der Waals surface area contributed by atoms with Crippen molar-refractivity contribution in [3.8, 4) is 0 Å². The molecule has 1 heterocycles. The predicted octanol–water partition coefficient (Wildman–Crippen LogP) is 4.24. The third-order valence-corrected chi connectivity index (χ3v) is 4.74. The van der Waals surface area contributed by atoms with Crippen LogP contribution in [0.2, 0.25) is 0 Å². The minimum Gasteiger partial charge on any atom is -0.253 e. The van der Waals surface area contributed by atoms with Crippen molar-refractivity contribution in [2.24, 2.45) is 5.41 Å². The van der Waals surface area contributed by atoms with Gasteiger partial charge in [-0.3, -0.25) is 4.98 Å². The van der Waals surface area contributed by atoms with Gasteiger partial charge in [-0.1, -0.05) is 26.0 Å². The van der Waals surface area contributed by atoms with Crippen molar-refractivity contribution in [3.63, 3.8) is 0 Å². The molecule has 1 nitrogen and oxygen atoms in total. The van der Waals surface area contributed by atoms with Crippen LogP contribution in [0.15, 0.2) is 24.3 Å².